The van der Waals surface area contributed by atoms with Crippen molar-refractivity contribution in [2.24, 2.45) is 0 Å². The van der Waals surface area contributed by atoms with E-state index in [2.05, 4.69) is 25.6 Å². The van der Waals surface area contributed by atoms with E-state index in [9.17, 15) is 18.0 Å². The molecule has 8 nitrogen and oxygen atoms in total. The number of ether oxygens (including phenoxy) is 1. The fourth-order valence-electron chi connectivity index (χ4n) is 3.28. The third kappa shape index (κ3) is 5.88. The number of anilines is 4. The van der Waals surface area contributed by atoms with E-state index in [1.54, 1.807) is 11.0 Å². The number of hydrogen-bond acceptors (Lipinski definition) is 7. The maximum Gasteiger partial charge on any atom is 0.416 e. The van der Waals surface area contributed by atoms with Gasteiger partial charge in [-0.1, -0.05) is 18.2 Å². The van der Waals surface area contributed by atoms with Crippen molar-refractivity contribution in [2.45, 2.75) is 12.3 Å². The second-order valence-electron chi connectivity index (χ2n) is 7.17. The number of rotatable bonds is 6. The molecule has 0 radical (unpaired) electrons. The van der Waals surface area contributed by atoms with Gasteiger partial charge in [0, 0.05) is 17.9 Å². The first-order valence-corrected chi connectivity index (χ1v) is 10.2. The summed E-state index contributed by atoms with van der Waals surface area (Å²) in [5.74, 6) is 0.0749. The van der Waals surface area contributed by atoms with Crippen LogP contribution in [0.5, 0.6) is 0 Å². The van der Waals surface area contributed by atoms with E-state index in [-0.39, 0.29) is 29.0 Å². The molecule has 33 heavy (non-hydrogen) atoms. The smallest absolute Gasteiger partial charge is 0.370 e. The number of carbonyl (C=O) groups is 1. The van der Waals surface area contributed by atoms with Gasteiger partial charge in [-0.05, 0) is 47.5 Å². The topological polar surface area (TPSA) is 92.3 Å². The van der Waals surface area contributed by atoms with Crippen molar-refractivity contribution in [1.29, 1.82) is 0 Å². The molecule has 1 amide bonds. The highest BCUT2D eigenvalue weighted by Gasteiger charge is 2.30. The van der Waals surface area contributed by atoms with Gasteiger partial charge in [0.25, 0.3) is 0 Å². The number of amides is 1. The van der Waals surface area contributed by atoms with Crippen LogP contribution >= 0.6 is 11.6 Å². The number of morpholine rings is 1. The van der Waals surface area contributed by atoms with Crippen molar-refractivity contribution >= 4 is 41.3 Å². The van der Waals surface area contributed by atoms with Crippen LogP contribution in [-0.2, 0) is 15.7 Å². The molecule has 1 aromatic heterocycles. The van der Waals surface area contributed by atoms with Gasteiger partial charge in [0.15, 0.2) is 0 Å². The molecule has 0 spiro atoms. The SMILES string of the molecule is O=CN1CCOC(c2cccc(Nc3nc(Cl)nc(Nc4cccc(C(F)(F)F)c4)n3)c2)C1. The minimum Gasteiger partial charge on any atom is -0.370 e. The van der Waals surface area contributed by atoms with Crippen LogP contribution < -0.4 is 10.6 Å². The highest BCUT2D eigenvalue weighted by Crippen LogP contribution is 2.31. The van der Waals surface area contributed by atoms with Crippen molar-refractivity contribution in [2.75, 3.05) is 30.3 Å². The third-order valence-electron chi connectivity index (χ3n) is 4.82. The Balaban J connectivity index is 1.51. The monoisotopic (exact) mass is 478 g/mol. The Morgan fingerprint density at radius 2 is 1.70 bits per heavy atom. The summed E-state index contributed by atoms with van der Waals surface area (Å²) in [5, 5.41) is 5.58. The zero-order chi connectivity index (χ0) is 23.4. The molecule has 3 aromatic rings. The van der Waals surface area contributed by atoms with Crippen LogP contribution in [0.15, 0.2) is 48.5 Å². The van der Waals surface area contributed by atoms with Gasteiger partial charge in [-0.15, -0.1) is 0 Å². The number of nitrogens with zero attached hydrogens (tertiary/aromatic N) is 4. The van der Waals surface area contributed by atoms with Gasteiger partial charge in [0.1, 0.15) is 6.10 Å². The minimum absolute atomic E-state index is 0.0229. The molecule has 4 rings (SSSR count). The van der Waals surface area contributed by atoms with Crippen LogP contribution in [0.3, 0.4) is 0 Å². The molecule has 2 N–H and O–H groups in total. The lowest BCUT2D eigenvalue weighted by atomic mass is 10.1. The highest BCUT2D eigenvalue weighted by atomic mass is 35.5. The molecular formula is C21H18ClF3N6O2. The molecule has 1 unspecified atom stereocenters. The summed E-state index contributed by atoms with van der Waals surface area (Å²) >= 11 is 5.99. The Morgan fingerprint density at radius 3 is 2.36 bits per heavy atom. The van der Waals surface area contributed by atoms with Crippen molar-refractivity contribution in [1.82, 2.24) is 19.9 Å². The summed E-state index contributed by atoms with van der Waals surface area (Å²) in [6, 6.07) is 11.9. The fraction of sp³-hybridized carbons (Fsp3) is 0.238. The minimum atomic E-state index is -4.48. The van der Waals surface area contributed by atoms with Gasteiger partial charge < -0.3 is 20.3 Å². The lowest BCUT2D eigenvalue weighted by Gasteiger charge is -2.30. The second kappa shape index (κ2) is 9.59. The Morgan fingerprint density at radius 1 is 1.03 bits per heavy atom. The molecule has 1 aliphatic rings. The summed E-state index contributed by atoms with van der Waals surface area (Å²) in [5.41, 5.74) is 0.829. The van der Waals surface area contributed by atoms with Crippen LogP contribution in [0.2, 0.25) is 5.28 Å². The van der Waals surface area contributed by atoms with E-state index in [4.69, 9.17) is 16.3 Å². The molecule has 2 aromatic carbocycles. The highest BCUT2D eigenvalue weighted by molar-refractivity contribution is 6.28. The molecule has 0 bridgehead atoms. The van der Waals surface area contributed by atoms with Gasteiger partial charge in [-0.25, -0.2) is 0 Å². The normalized spacial score (nSPS) is 16.4. The van der Waals surface area contributed by atoms with Gasteiger partial charge in [0.05, 0.1) is 18.7 Å². The molecule has 1 aliphatic heterocycles. The Kier molecular flexibility index (Phi) is 6.61. The average Bonchev–Trinajstić information content (AvgIpc) is 2.78. The average molecular weight is 479 g/mol. The summed E-state index contributed by atoms with van der Waals surface area (Å²) in [6.45, 7) is 1.42. The lowest BCUT2D eigenvalue weighted by Crippen LogP contribution is -2.37. The number of carbonyl (C=O) groups excluding carboxylic acids is 1. The lowest BCUT2D eigenvalue weighted by molar-refractivity contribution is -0.137. The van der Waals surface area contributed by atoms with Crippen LogP contribution in [0.4, 0.5) is 36.4 Å². The first-order chi connectivity index (χ1) is 15.8. The number of nitrogens with one attached hydrogen (secondary N) is 2. The van der Waals surface area contributed by atoms with Crippen molar-refractivity contribution in [3.8, 4) is 0 Å². The predicted octanol–water partition coefficient (Wildman–Crippen LogP) is 4.56. The second-order valence-corrected chi connectivity index (χ2v) is 7.50. The zero-order valence-electron chi connectivity index (χ0n) is 17.0. The third-order valence-corrected chi connectivity index (χ3v) is 4.98. The van der Waals surface area contributed by atoms with Crippen LogP contribution in [-0.4, -0.2) is 46.0 Å². The maximum absolute atomic E-state index is 13.0. The predicted molar refractivity (Wildman–Crippen MR) is 116 cm³/mol. The summed E-state index contributed by atoms with van der Waals surface area (Å²) in [7, 11) is 0. The van der Waals surface area contributed by atoms with E-state index in [1.165, 1.54) is 12.1 Å². The van der Waals surface area contributed by atoms with Gasteiger partial charge in [-0.3, -0.25) is 4.79 Å². The van der Waals surface area contributed by atoms with Crippen LogP contribution in [0, 0.1) is 0 Å². The molecule has 1 fully saturated rings. The first-order valence-electron chi connectivity index (χ1n) is 9.84. The number of hydrogen-bond donors (Lipinski definition) is 2. The van der Waals surface area contributed by atoms with E-state index in [0.717, 1.165) is 24.1 Å². The van der Waals surface area contributed by atoms with Crippen molar-refractivity contribution < 1.29 is 22.7 Å². The molecular weight excluding hydrogens is 461 g/mol. The summed E-state index contributed by atoms with van der Waals surface area (Å²) < 4.78 is 44.6. The Bertz CT molecular complexity index is 1150. The van der Waals surface area contributed by atoms with Crippen molar-refractivity contribution in [3.63, 3.8) is 0 Å². The number of aromatic nitrogens is 3. The number of halogens is 4. The maximum atomic E-state index is 13.0. The van der Waals surface area contributed by atoms with Gasteiger partial charge in [-0.2, -0.15) is 28.1 Å². The fourth-order valence-corrected chi connectivity index (χ4v) is 3.44. The number of benzene rings is 2. The molecule has 12 heteroatoms. The van der Waals surface area contributed by atoms with E-state index < -0.39 is 11.7 Å². The Labute approximate surface area is 191 Å². The van der Waals surface area contributed by atoms with Gasteiger partial charge in [0.2, 0.25) is 23.6 Å². The zero-order valence-corrected chi connectivity index (χ0v) is 17.8. The summed E-state index contributed by atoms with van der Waals surface area (Å²) in [6.07, 6.45) is -3.95. The Hall–Kier alpha value is -3.44. The van der Waals surface area contributed by atoms with Crippen LogP contribution in [0.25, 0.3) is 0 Å². The molecule has 0 saturated carbocycles. The molecule has 0 aliphatic carbocycles. The quantitative estimate of drug-likeness (QED) is 0.502. The first kappa shape index (κ1) is 22.7. The van der Waals surface area contributed by atoms with E-state index >= 15 is 0 Å². The molecule has 1 atom stereocenters. The van der Waals surface area contributed by atoms with E-state index in [1.807, 2.05) is 18.2 Å². The standard InChI is InChI=1S/C21H18ClF3N6O2/c22-18-28-19(30-20(29-18)27-16-6-2-4-14(10-16)21(23,24)25)26-15-5-1-3-13(9-15)17-11-31(12-32)7-8-33-17/h1-6,9-10,12,17H,7-8,11H2,(H2,26,27,28,29,30). The van der Waals surface area contributed by atoms with Gasteiger partial charge >= 0.3 is 6.18 Å². The molecule has 2 heterocycles. The number of alkyl halides is 3. The molecule has 172 valence electrons. The van der Waals surface area contributed by atoms with Crippen molar-refractivity contribution in [3.05, 3.63) is 64.9 Å². The van der Waals surface area contributed by atoms with E-state index in [0.29, 0.717) is 25.4 Å². The largest absolute Gasteiger partial charge is 0.416 e. The summed E-state index contributed by atoms with van der Waals surface area (Å²) in [4.78, 5) is 24.8. The molecule has 1 saturated heterocycles. The van der Waals surface area contributed by atoms with Crippen LogP contribution in [0.1, 0.15) is 17.2 Å².